The van der Waals surface area contributed by atoms with E-state index in [2.05, 4.69) is 49.1 Å². The number of nitrogens with zero attached hydrogens (tertiary/aromatic N) is 2. The molecule has 238 valence electrons. The molecule has 2 amide bonds. The Bertz CT molecular complexity index is 1430. The molecule has 3 aliphatic heterocycles. The minimum Gasteiger partial charge on any atom is -0.508 e. The lowest BCUT2D eigenvalue weighted by Gasteiger charge is -2.43. The zero-order valence-electron chi connectivity index (χ0n) is 26.7. The third-order valence-electron chi connectivity index (χ3n) is 10.5. The Kier molecular flexibility index (Phi) is 9.93. The molecule has 3 heterocycles. The molecule has 0 aromatic heterocycles. The maximum Gasteiger partial charge on any atom is 0.455 e. The van der Waals surface area contributed by atoms with Gasteiger partial charge in [0, 0.05) is 25.7 Å². The number of carbonyl (C=O) groups excluding carboxylic acids is 2. The zero-order chi connectivity index (χ0) is 31.5. The summed E-state index contributed by atoms with van der Waals surface area (Å²) in [6.07, 6.45) is 8.69. The summed E-state index contributed by atoms with van der Waals surface area (Å²) in [6, 6.07) is 17.7. The van der Waals surface area contributed by atoms with Gasteiger partial charge in [0.15, 0.2) is 0 Å². The second kappa shape index (κ2) is 14.1. The summed E-state index contributed by atoms with van der Waals surface area (Å²) in [5.74, 6) is -0.712. The van der Waals surface area contributed by atoms with Gasteiger partial charge in [0.1, 0.15) is 5.75 Å². The number of phenolic OH excluding ortho intramolecular Hbond substituents is 1. The van der Waals surface area contributed by atoms with Gasteiger partial charge in [-0.3, -0.25) is 19.4 Å². The van der Waals surface area contributed by atoms with Crippen LogP contribution in [0.25, 0.3) is 6.08 Å². The second-order valence-electron chi connectivity index (χ2n) is 13.4. The van der Waals surface area contributed by atoms with Crippen LogP contribution in [-0.4, -0.2) is 64.1 Å². The van der Waals surface area contributed by atoms with Crippen molar-refractivity contribution in [2.24, 2.45) is 17.8 Å². The van der Waals surface area contributed by atoms with Crippen LogP contribution in [0.4, 0.5) is 0 Å². The third-order valence-corrected chi connectivity index (χ3v) is 10.5. The molecule has 0 saturated carbocycles. The molecule has 0 spiro atoms. The molecular formula is C37H47BN2O5. The largest absolute Gasteiger partial charge is 0.508 e. The van der Waals surface area contributed by atoms with Crippen LogP contribution in [-0.2, 0) is 20.8 Å². The fourth-order valence-electron chi connectivity index (χ4n) is 8.42. The Morgan fingerprint density at radius 2 is 1.78 bits per heavy atom. The van der Waals surface area contributed by atoms with Gasteiger partial charge in [0.25, 0.3) is 0 Å². The van der Waals surface area contributed by atoms with Crippen molar-refractivity contribution in [3.05, 3.63) is 82.4 Å². The fraction of sp³-hybridized carbons (Fsp3) is 0.514. The van der Waals surface area contributed by atoms with Gasteiger partial charge >= 0.3 is 7.12 Å². The molecule has 3 saturated heterocycles. The number of imide groups is 1. The van der Waals surface area contributed by atoms with Crippen molar-refractivity contribution >= 4 is 25.0 Å². The molecule has 45 heavy (non-hydrogen) atoms. The normalized spacial score (nSPS) is 26.4. The van der Waals surface area contributed by atoms with E-state index in [4.69, 9.17) is 4.65 Å². The highest BCUT2D eigenvalue weighted by Gasteiger charge is 2.58. The average molecular weight is 611 g/mol. The number of hydrogen-bond donors (Lipinski definition) is 2. The van der Waals surface area contributed by atoms with Crippen LogP contribution >= 0.6 is 0 Å². The molecule has 0 unspecified atom stereocenters. The minimum atomic E-state index is -0.955. The number of aromatic hydroxyl groups is 1. The molecule has 2 aromatic rings. The molecule has 0 bridgehead atoms. The molecule has 1 aliphatic carbocycles. The molecule has 6 rings (SSSR count). The number of phenols is 1. The minimum absolute atomic E-state index is 0.00619. The van der Waals surface area contributed by atoms with Crippen LogP contribution in [0, 0.1) is 17.8 Å². The fourth-order valence-corrected chi connectivity index (χ4v) is 8.42. The smallest absolute Gasteiger partial charge is 0.455 e. The number of allylic oxidation sites excluding steroid dienone is 2. The van der Waals surface area contributed by atoms with E-state index in [0.717, 1.165) is 69.3 Å². The Balaban J connectivity index is 1.17. The predicted molar refractivity (Wildman–Crippen MR) is 177 cm³/mol. The van der Waals surface area contributed by atoms with Crippen LogP contribution in [0.1, 0.15) is 76.3 Å². The number of hydrogen-bond acceptors (Lipinski definition) is 6. The lowest BCUT2D eigenvalue weighted by atomic mass is 9.58. The van der Waals surface area contributed by atoms with Crippen molar-refractivity contribution in [3.8, 4) is 5.75 Å². The van der Waals surface area contributed by atoms with E-state index in [-0.39, 0.29) is 41.5 Å². The lowest BCUT2D eigenvalue weighted by molar-refractivity contribution is -0.144. The van der Waals surface area contributed by atoms with E-state index in [1.165, 1.54) is 16.7 Å². The summed E-state index contributed by atoms with van der Waals surface area (Å²) in [5.41, 5.74) is 5.92. The van der Waals surface area contributed by atoms with Gasteiger partial charge < -0.3 is 14.8 Å². The molecule has 0 radical (unpaired) electrons. The topological polar surface area (TPSA) is 90.3 Å². The first-order chi connectivity index (χ1) is 21.9. The molecule has 8 heteroatoms. The zero-order valence-corrected chi connectivity index (χ0v) is 26.7. The van der Waals surface area contributed by atoms with Crippen molar-refractivity contribution < 1.29 is 24.4 Å². The molecule has 4 atom stereocenters. The highest BCUT2D eigenvalue weighted by Crippen LogP contribution is 2.52. The van der Waals surface area contributed by atoms with E-state index in [1.54, 1.807) is 17.0 Å². The van der Waals surface area contributed by atoms with Crippen LogP contribution in [0.2, 0.25) is 6.32 Å². The highest BCUT2D eigenvalue weighted by atomic mass is 16.5. The number of fused-ring (bicyclic) bond motifs is 3. The Hall–Kier alpha value is -3.20. The first-order valence-electron chi connectivity index (χ1n) is 17.0. The summed E-state index contributed by atoms with van der Waals surface area (Å²) in [5, 5.41) is 20.9. The van der Waals surface area contributed by atoms with E-state index >= 15 is 0 Å². The molecular weight excluding hydrogens is 563 g/mol. The molecule has 4 aliphatic rings. The Labute approximate surface area is 268 Å². The summed E-state index contributed by atoms with van der Waals surface area (Å²) in [6.45, 7) is 6.91. The first-order valence-corrected chi connectivity index (χ1v) is 17.0. The lowest BCUT2D eigenvalue weighted by Crippen LogP contribution is -2.48. The molecule has 7 nitrogen and oxygen atoms in total. The van der Waals surface area contributed by atoms with Gasteiger partial charge in [-0.1, -0.05) is 80.0 Å². The highest BCUT2D eigenvalue weighted by molar-refractivity contribution is 6.43. The van der Waals surface area contributed by atoms with Crippen molar-refractivity contribution in [2.45, 2.75) is 90.2 Å². The monoisotopic (exact) mass is 610 g/mol. The van der Waals surface area contributed by atoms with E-state index in [0.29, 0.717) is 19.2 Å². The van der Waals surface area contributed by atoms with Crippen molar-refractivity contribution in [1.29, 1.82) is 0 Å². The van der Waals surface area contributed by atoms with Crippen LogP contribution < -0.4 is 0 Å². The van der Waals surface area contributed by atoms with Gasteiger partial charge in [-0.15, -0.1) is 0 Å². The number of carbonyl (C=O) groups is 2. The quantitative estimate of drug-likeness (QED) is 0.189. The van der Waals surface area contributed by atoms with Gasteiger partial charge in [-0.2, -0.15) is 0 Å². The Morgan fingerprint density at radius 1 is 1.00 bits per heavy atom. The van der Waals surface area contributed by atoms with Crippen molar-refractivity contribution in [1.82, 2.24) is 9.80 Å². The van der Waals surface area contributed by atoms with Gasteiger partial charge in [0.2, 0.25) is 11.8 Å². The van der Waals surface area contributed by atoms with Crippen LogP contribution in [0.3, 0.4) is 0 Å². The molecule has 2 aromatic carbocycles. The summed E-state index contributed by atoms with van der Waals surface area (Å²) >= 11 is 0. The predicted octanol–water partition coefficient (Wildman–Crippen LogP) is 6.23. The van der Waals surface area contributed by atoms with Crippen LogP contribution in [0.15, 0.2) is 71.3 Å². The second-order valence-corrected chi connectivity index (χ2v) is 13.4. The van der Waals surface area contributed by atoms with E-state index < -0.39 is 13.0 Å². The SMILES string of the molecule is CCC/C(=C\c1cccc(O)c1)CC[C@H]1OB(O)C[C@H]2C1=C(CC)C[C@H]1C(=O)N(C3CCN(Cc4ccccc4)CC3)C(=O)[C@H]12. The maximum absolute atomic E-state index is 14.2. The van der Waals surface area contributed by atoms with Crippen molar-refractivity contribution in [2.75, 3.05) is 13.1 Å². The molecule has 2 N–H and O–H groups in total. The summed E-state index contributed by atoms with van der Waals surface area (Å²) in [4.78, 5) is 32.2. The van der Waals surface area contributed by atoms with E-state index in [1.807, 2.05) is 18.2 Å². The third kappa shape index (κ3) is 6.84. The molecule has 3 fully saturated rings. The maximum atomic E-state index is 14.2. The summed E-state index contributed by atoms with van der Waals surface area (Å²) < 4.78 is 6.22. The number of amides is 2. The van der Waals surface area contributed by atoms with E-state index in [9.17, 15) is 19.7 Å². The van der Waals surface area contributed by atoms with Crippen molar-refractivity contribution in [3.63, 3.8) is 0 Å². The Morgan fingerprint density at radius 3 is 2.49 bits per heavy atom. The van der Waals surface area contributed by atoms with Gasteiger partial charge in [0.05, 0.1) is 17.9 Å². The summed E-state index contributed by atoms with van der Waals surface area (Å²) in [7, 11) is -0.955. The number of benzene rings is 2. The number of likely N-dealkylation sites (tertiary alicyclic amines) is 2. The first kappa shape index (κ1) is 31.8. The van der Waals surface area contributed by atoms with Crippen LogP contribution in [0.5, 0.6) is 5.75 Å². The standard InChI is InChI=1S/C37H47BN2O5/c1-3-9-25(20-27-12-8-13-30(41)21-27)14-15-33-34-28(4-2)22-31-35(32(34)23-38(44)45-33)37(43)40(36(31)42)29-16-18-39(19-17-29)24-26-10-6-5-7-11-26/h5-8,10-13,20-21,29,31-33,35,41,44H,3-4,9,14-19,22-24H2,1-2H3/b25-20+/t31-,32+,33-,35-/m1/s1. The average Bonchev–Trinajstić information content (AvgIpc) is 3.29. The van der Waals surface area contributed by atoms with Gasteiger partial charge in [-0.05, 0) is 86.0 Å². The number of piperidine rings is 1. The number of rotatable bonds is 10. The van der Waals surface area contributed by atoms with Gasteiger partial charge in [-0.25, -0.2) is 0 Å².